The van der Waals surface area contributed by atoms with Crippen molar-refractivity contribution in [3.63, 3.8) is 0 Å². The SMILES string of the molecule is CC(C)C(C)N[C@@H](CN)C(=O)NCCCNC(=O)[C@H](CCC(=O)O)NC(C)(C)C. The van der Waals surface area contributed by atoms with E-state index in [0.29, 0.717) is 25.4 Å². The molecule has 9 nitrogen and oxygen atoms in total. The van der Waals surface area contributed by atoms with Gasteiger partial charge in [0, 0.05) is 37.6 Å². The van der Waals surface area contributed by atoms with Crippen LogP contribution in [0, 0.1) is 5.92 Å². The molecule has 0 aliphatic heterocycles. The second kappa shape index (κ2) is 13.5. The second-order valence-corrected chi connectivity index (χ2v) is 8.80. The second-order valence-electron chi connectivity index (χ2n) is 8.80. The maximum Gasteiger partial charge on any atom is 0.303 e. The summed E-state index contributed by atoms with van der Waals surface area (Å²) in [5.41, 5.74) is 5.38. The summed E-state index contributed by atoms with van der Waals surface area (Å²) in [7, 11) is 0. The molecule has 0 spiro atoms. The van der Waals surface area contributed by atoms with Gasteiger partial charge in [0.15, 0.2) is 0 Å². The van der Waals surface area contributed by atoms with E-state index in [1.165, 1.54) is 0 Å². The minimum absolute atomic E-state index is 0.0838. The zero-order chi connectivity index (χ0) is 22.6. The highest BCUT2D eigenvalue weighted by Gasteiger charge is 2.24. The third-order valence-corrected chi connectivity index (χ3v) is 4.54. The third kappa shape index (κ3) is 13.2. The molecule has 0 aliphatic carbocycles. The van der Waals surface area contributed by atoms with E-state index < -0.39 is 18.1 Å². The quantitative estimate of drug-likeness (QED) is 0.222. The van der Waals surface area contributed by atoms with Crippen molar-refractivity contribution in [3.05, 3.63) is 0 Å². The first kappa shape index (κ1) is 27.3. The van der Waals surface area contributed by atoms with Crippen molar-refractivity contribution in [2.45, 2.75) is 84.5 Å². The van der Waals surface area contributed by atoms with Crippen molar-refractivity contribution in [2.24, 2.45) is 11.7 Å². The Hall–Kier alpha value is -1.71. The number of carbonyl (C=O) groups excluding carboxylic acids is 2. The smallest absolute Gasteiger partial charge is 0.303 e. The van der Waals surface area contributed by atoms with E-state index in [9.17, 15) is 14.4 Å². The van der Waals surface area contributed by atoms with Gasteiger partial charge in [0.05, 0.1) is 12.1 Å². The molecule has 0 saturated carbocycles. The molecular weight excluding hydrogens is 374 g/mol. The molecule has 3 atom stereocenters. The summed E-state index contributed by atoms with van der Waals surface area (Å²) >= 11 is 0. The molecule has 0 heterocycles. The normalized spacial score (nSPS) is 14.9. The fraction of sp³-hybridized carbons (Fsp3) is 0.850. The molecule has 1 unspecified atom stereocenters. The lowest BCUT2D eigenvalue weighted by Gasteiger charge is -2.27. The zero-order valence-corrected chi connectivity index (χ0v) is 18.8. The van der Waals surface area contributed by atoms with Gasteiger partial charge in [-0.15, -0.1) is 0 Å². The summed E-state index contributed by atoms with van der Waals surface area (Å²) in [5.74, 6) is -0.932. The third-order valence-electron chi connectivity index (χ3n) is 4.54. The molecule has 29 heavy (non-hydrogen) atoms. The first-order valence-electron chi connectivity index (χ1n) is 10.4. The van der Waals surface area contributed by atoms with Gasteiger partial charge >= 0.3 is 5.97 Å². The number of nitrogens with two attached hydrogens (primary N) is 1. The number of hydrogen-bond acceptors (Lipinski definition) is 6. The maximum absolute atomic E-state index is 12.4. The van der Waals surface area contributed by atoms with Gasteiger partial charge < -0.3 is 32.1 Å². The number of carboxylic acid groups (broad SMARTS) is 1. The molecule has 0 aromatic rings. The van der Waals surface area contributed by atoms with Gasteiger partial charge in [0.1, 0.15) is 0 Å². The number of aliphatic carboxylic acids is 1. The molecule has 0 aromatic carbocycles. The van der Waals surface area contributed by atoms with Gasteiger partial charge in [-0.1, -0.05) is 13.8 Å². The Balaban J connectivity index is 4.35. The largest absolute Gasteiger partial charge is 0.481 e. The van der Waals surface area contributed by atoms with Gasteiger partial charge in [-0.3, -0.25) is 14.4 Å². The van der Waals surface area contributed by atoms with E-state index in [0.717, 1.165) is 0 Å². The van der Waals surface area contributed by atoms with Gasteiger partial charge in [0.2, 0.25) is 11.8 Å². The van der Waals surface area contributed by atoms with Crippen LogP contribution in [-0.2, 0) is 14.4 Å². The van der Waals surface area contributed by atoms with E-state index in [4.69, 9.17) is 10.8 Å². The number of carbonyl (C=O) groups is 3. The zero-order valence-electron chi connectivity index (χ0n) is 18.8. The van der Waals surface area contributed by atoms with Crippen molar-refractivity contribution in [3.8, 4) is 0 Å². The summed E-state index contributed by atoms with van der Waals surface area (Å²) in [5, 5.41) is 20.9. The summed E-state index contributed by atoms with van der Waals surface area (Å²) in [6.45, 7) is 12.9. The molecule has 2 amide bonds. The van der Waals surface area contributed by atoms with Crippen LogP contribution in [0.4, 0.5) is 0 Å². The predicted octanol–water partition coefficient (Wildman–Crippen LogP) is 0.192. The van der Waals surface area contributed by atoms with Crippen LogP contribution in [0.15, 0.2) is 0 Å². The Morgan fingerprint density at radius 1 is 0.966 bits per heavy atom. The lowest BCUT2D eigenvalue weighted by Crippen LogP contribution is -2.53. The lowest BCUT2D eigenvalue weighted by molar-refractivity contribution is -0.137. The molecule has 0 aromatic heterocycles. The number of amides is 2. The maximum atomic E-state index is 12.4. The monoisotopic (exact) mass is 415 g/mol. The first-order valence-corrected chi connectivity index (χ1v) is 10.4. The van der Waals surface area contributed by atoms with Crippen molar-refractivity contribution in [2.75, 3.05) is 19.6 Å². The van der Waals surface area contributed by atoms with Crippen molar-refractivity contribution >= 4 is 17.8 Å². The van der Waals surface area contributed by atoms with Crippen LogP contribution < -0.4 is 27.0 Å². The van der Waals surface area contributed by atoms with Crippen LogP contribution in [0.25, 0.3) is 0 Å². The molecule has 0 fully saturated rings. The van der Waals surface area contributed by atoms with Crippen molar-refractivity contribution in [1.82, 2.24) is 21.3 Å². The highest BCUT2D eigenvalue weighted by molar-refractivity contribution is 5.83. The van der Waals surface area contributed by atoms with Gasteiger partial charge in [-0.25, -0.2) is 0 Å². The Labute approximate surface area is 174 Å². The van der Waals surface area contributed by atoms with Crippen molar-refractivity contribution in [1.29, 1.82) is 0 Å². The van der Waals surface area contributed by atoms with Crippen LogP contribution in [0.1, 0.15) is 60.8 Å². The van der Waals surface area contributed by atoms with E-state index in [-0.39, 0.29) is 42.8 Å². The van der Waals surface area contributed by atoms with Crippen LogP contribution in [0.2, 0.25) is 0 Å². The van der Waals surface area contributed by atoms with E-state index in [2.05, 4.69) is 35.1 Å². The van der Waals surface area contributed by atoms with E-state index >= 15 is 0 Å². The molecule has 7 N–H and O–H groups in total. The number of nitrogens with one attached hydrogen (secondary N) is 4. The van der Waals surface area contributed by atoms with Gasteiger partial charge in [-0.05, 0) is 46.5 Å². The minimum atomic E-state index is -0.934. The first-order chi connectivity index (χ1) is 13.4. The van der Waals surface area contributed by atoms with E-state index in [1.807, 2.05) is 27.7 Å². The summed E-state index contributed by atoms with van der Waals surface area (Å²) < 4.78 is 0. The summed E-state index contributed by atoms with van der Waals surface area (Å²) in [4.78, 5) is 35.5. The van der Waals surface area contributed by atoms with Crippen LogP contribution in [-0.4, -0.2) is 66.2 Å². The molecule has 170 valence electrons. The molecule has 0 rings (SSSR count). The van der Waals surface area contributed by atoms with Crippen LogP contribution in [0.3, 0.4) is 0 Å². The molecular formula is C20H41N5O4. The Kier molecular flexibility index (Phi) is 12.7. The minimum Gasteiger partial charge on any atom is -0.481 e. The molecule has 0 bridgehead atoms. The molecule has 0 radical (unpaired) electrons. The fourth-order valence-electron chi connectivity index (χ4n) is 2.58. The van der Waals surface area contributed by atoms with Crippen molar-refractivity contribution < 1.29 is 19.5 Å². The average Bonchev–Trinajstić information content (AvgIpc) is 2.60. The molecule has 0 aliphatic rings. The summed E-state index contributed by atoms with van der Waals surface area (Å²) in [6, 6.07) is -0.853. The summed E-state index contributed by atoms with van der Waals surface area (Å²) in [6.07, 6.45) is 0.697. The Morgan fingerprint density at radius 3 is 1.90 bits per heavy atom. The predicted molar refractivity (Wildman–Crippen MR) is 114 cm³/mol. The molecule has 9 heteroatoms. The fourth-order valence-corrected chi connectivity index (χ4v) is 2.58. The number of rotatable bonds is 14. The van der Waals surface area contributed by atoms with Gasteiger partial charge in [0.25, 0.3) is 0 Å². The Bertz CT molecular complexity index is 519. The lowest BCUT2D eigenvalue weighted by atomic mass is 10.0. The van der Waals surface area contributed by atoms with E-state index in [1.54, 1.807) is 0 Å². The average molecular weight is 416 g/mol. The molecule has 0 saturated heterocycles. The van der Waals surface area contributed by atoms with Gasteiger partial charge in [-0.2, -0.15) is 0 Å². The highest BCUT2D eigenvalue weighted by Crippen LogP contribution is 2.06. The Morgan fingerprint density at radius 2 is 1.48 bits per heavy atom. The number of hydrogen-bond donors (Lipinski definition) is 6. The van der Waals surface area contributed by atoms with Crippen LogP contribution in [0.5, 0.6) is 0 Å². The van der Waals surface area contributed by atoms with Crippen LogP contribution >= 0.6 is 0 Å². The standard InChI is InChI=1S/C20H41N5O4/c1-13(2)14(3)24-16(12-21)19(29)23-11-7-10-22-18(28)15(8-9-17(26)27)25-20(4,5)6/h13-16,24-25H,7-12,21H2,1-6H3,(H,22,28)(H,23,29)(H,26,27)/t14?,15-,16-/m0/s1. The number of carboxylic acids is 1. The topological polar surface area (TPSA) is 146 Å². The highest BCUT2D eigenvalue weighted by atomic mass is 16.4.